The highest BCUT2D eigenvalue weighted by Gasteiger charge is 2.21. The van der Waals surface area contributed by atoms with Crippen LogP contribution in [0.1, 0.15) is 15.9 Å². The summed E-state index contributed by atoms with van der Waals surface area (Å²) in [5.41, 5.74) is 3.90. The van der Waals surface area contributed by atoms with E-state index in [2.05, 4.69) is 20.9 Å². The Morgan fingerprint density at radius 1 is 0.957 bits per heavy atom. The van der Waals surface area contributed by atoms with Gasteiger partial charge in [0.1, 0.15) is 32.7 Å². The SMILES string of the molecule is CS(=O)(=O)CCNCc1cccc(Nc2nccc(-c3c(-c4cccc(NC(=O)c5c(F)cccc5F)c4)nc4sccn34)n2)c1. The highest BCUT2D eigenvalue weighted by atomic mass is 32.2. The fourth-order valence-electron chi connectivity index (χ4n) is 4.81. The lowest BCUT2D eigenvalue weighted by Gasteiger charge is -2.11. The minimum atomic E-state index is -3.04. The molecular weight excluding hydrogens is 633 g/mol. The van der Waals surface area contributed by atoms with E-state index in [1.165, 1.54) is 23.7 Å². The van der Waals surface area contributed by atoms with Gasteiger partial charge < -0.3 is 16.0 Å². The molecule has 3 heterocycles. The third-order valence-corrected chi connectivity index (χ3v) is 8.61. The van der Waals surface area contributed by atoms with Crippen molar-refractivity contribution in [2.24, 2.45) is 0 Å². The second kappa shape index (κ2) is 13.1. The Hall–Kier alpha value is -5.05. The zero-order valence-corrected chi connectivity index (χ0v) is 26.0. The Morgan fingerprint density at radius 3 is 2.52 bits per heavy atom. The van der Waals surface area contributed by atoms with E-state index < -0.39 is 32.9 Å². The van der Waals surface area contributed by atoms with E-state index >= 15 is 0 Å². The summed E-state index contributed by atoms with van der Waals surface area (Å²) in [6, 6.07) is 19.5. The highest BCUT2D eigenvalue weighted by molar-refractivity contribution is 7.90. The van der Waals surface area contributed by atoms with Crippen molar-refractivity contribution in [1.82, 2.24) is 24.7 Å². The number of carbonyl (C=O) groups excluding carboxylic acids is 1. The molecule has 6 aromatic rings. The van der Waals surface area contributed by atoms with E-state index in [9.17, 15) is 22.0 Å². The number of anilines is 3. The molecule has 0 saturated heterocycles. The van der Waals surface area contributed by atoms with Crippen LogP contribution in [0.5, 0.6) is 0 Å². The summed E-state index contributed by atoms with van der Waals surface area (Å²) in [6.45, 7) is 0.849. The van der Waals surface area contributed by atoms with Crippen LogP contribution in [0.2, 0.25) is 0 Å². The molecule has 3 N–H and O–H groups in total. The fourth-order valence-corrected chi connectivity index (χ4v) is 6.04. The number of fused-ring (bicyclic) bond motifs is 1. The van der Waals surface area contributed by atoms with E-state index in [-0.39, 0.29) is 5.75 Å². The fraction of sp³-hybridized carbons (Fsp3) is 0.125. The molecule has 234 valence electrons. The van der Waals surface area contributed by atoms with E-state index in [1.54, 1.807) is 30.5 Å². The van der Waals surface area contributed by atoms with E-state index in [0.29, 0.717) is 47.4 Å². The normalized spacial score (nSPS) is 11.5. The molecule has 0 fully saturated rings. The first-order valence-electron chi connectivity index (χ1n) is 14.0. The molecule has 0 bridgehead atoms. The van der Waals surface area contributed by atoms with Gasteiger partial charge in [0.2, 0.25) is 5.95 Å². The molecule has 0 aliphatic heterocycles. The molecule has 14 heteroatoms. The molecule has 3 aromatic carbocycles. The molecule has 0 aliphatic rings. The zero-order valence-electron chi connectivity index (χ0n) is 24.4. The number of sulfone groups is 1. The van der Waals surface area contributed by atoms with E-state index in [0.717, 1.165) is 28.3 Å². The van der Waals surface area contributed by atoms with Crippen molar-refractivity contribution in [2.75, 3.05) is 29.2 Å². The Labute approximate surface area is 267 Å². The Balaban J connectivity index is 1.26. The molecule has 0 unspecified atom stereocenters. The Kier molecular flexibility index (Phi) is 8.83. The van der Waals surface area contributed by atoms with E-state index in [4.69, 9.17) is 9.97 Å². The zero-order chi connectivity index (χ0) is 32.3. The highest BCUT2D eigenvalue weighted by Crippen LogP contribution is 2.35. The molecule has 1 amide bonds. The van der Waals surface area contributed by atoms with Gasteiger partial charge in [-0.15, -0.1) is 11.3 Å². The summed E-state index contributed by atoms with van der Waals surface area (Å²) in [7, 11) is -3.04. The minimum Gasteiger partial charge on any atom is -0.324 e. The van der Waals surface area contributed by atoms with Crippen molar-refractivity contribution < 1.29 is 22.0 Å². The lowest BCUT2D eigenvalue weighted by molar-refractivity contribution is 0.101. The molecule has 10 nitrogen and oxygen atoms in total. The van der Waals surface area contributed by atoms with Crippen molar-refractivity contribution in [3.8, 4) is 22.6 Å². The van der Waals surface area contributed by atoms with Crippen molar-refractivity contribution in [3.63, 3.8) is 0 Å². The monoisotopic (exact) mass is 659 g/mol. The third kappa shape index (κ3) is 7.09. The average Bonchev–Trinajstić information content (AvgIpc) is 3.61. The number of amides is 1. The van der Waals surface area contributed by atoms with Gasteiger partial charge in [0.15, 0.2) is 4.96 Å². The predicted octanol–water partition coefficient (Wildman–Crippen LogP) is 5.93. The Bertz CT molecular complexity index is 2150. The molecule has 3 aromatic heterocycles. The molecule has 6 rings (SSSR count). The summed E-state index contributed by atoms with van der Waals surface area (Å²) >= 11 is 1.45. The molecule has 0 atom stereocenters. The smallest absolute Gasteiger partial charge is 0.261 e. The van der Waals surface area contributed by atoms with Gasteiger partial charge >= 0.3 is 0 Å². The number of nitrogens with zero attached hydrogens (tertiary/aromatic N) is 4. The van der Waals surface area contributed by atoms with Crippen LogP contribution >= 0.6 is 11.3 Å². The Morgan fingerprint density at radius 2 is 1.72 bits per heavy atom. The number of hydrogen-bond donors (Lipinski definition) is 3. The van der Waals surface area contributed by atoms with E-state index in [1.807, 2.05) is 46.3 Å². The van der Waals surface area contributed by atoms with Crippen LogP contribution in [-0.4, -0.2) is 52.2 Å². The number of imidazole rings is 1. The van der Waals surface area contributed by atoms with Gasteiger partial charge in [-0.1, -0.05) is 30.3 Å². The van der Waals surface area contributed by atoms with Crippen LogP contribution in [0.15, 0.2) is 90.6 Å². The summed E-state index contributed by atoms with van der Waals surface area (Å²) in [5, 5.41) is 10.9. The lowest BCUT2D eigenvalue weighted by Crippen LogP contribution is -2.21. The number of thiazole rings is 1. The second-order valence-corrected chi connectivity index (χ2v) is 13.5. The number of hydrogen-bond acceptors (Lipinski definition) is 9. The summed E-state index contributed by atoms with van der Waals surface area (Å²) in [5.74, 6) is -2.40. The quantitative estimate of drug-likeness (QED) is 0.146. The maximum Gasteiger partial charge on any atom is 0.261 e. The maximum atomic E-state index is 14.2. The largest absolute Gasteiger partial charge is 0.324 e. The van der Waals surface area contributed by atoms with Crippen LogP contribution in [0, 0.1) is 11.6 Å². The van der Waals surface area contributed by atoms with Crippen molar-refractivity contribution >= 4 is 49.4 Å². The number of halogens is 2. The van der Waals surface area contributed by atoms with Crippen molar-refractivity contribution in [3.05, 3.63) is 113 Å². The molecule has 0 aliphatic carbocycles. The van der Waals surface area contributed by atoms with Crippen LogP contribution in [0.4, 0.5) is 26.1 Å². The molecule has 46 heavy (non-hydrogen) atoms. The van der Waals surface area contributed by atoms with Gasteiger partial charge in [0.05, 0.1) is 17.1 Å². The third-order valence-electron chi connectivity index (χ3n) is 6.91. The number of carbonyl (C=O) groups is 1. The lowest BCUT2D eigenvalue weighted by atomic mass is 10.1. The van der Waals surface area contributed by atoms with Crippen LogP contribution in [0.25, 0.3) is 27.6 Å². The van der Waals surface area contributed by atoms with Crippen molar-refractivity contribution in [2.45, 2.75) is 6.54 Å². The number of aromatic nitrogens is 4. The molecule has 0 radical (unpaired) electrons. The predicted molar refractivity (Wildman–Crippen MR) is 175 cm³/mol. The average molecular weight is 660 g/mol. The summed E-state index contributed by atoms with van der Waals surface area (Å²) < 4.78 is 53.1. The van der Waals surface area contributed by atoms with Crippen LogP contribution in [0.3, 0.4) is 0 Å². The summed E-state index contributed by atoms with van der Waals surface area (Å²) in [6.07, 6.45) is 4.73. The van der Waals surface area contributed by atoms with Gasteiger partial charge in [-0.3, -0.25) is 9.20 Å². The van der Waals surface area contributed by atoms with Gasteiger partial charge in [0, 0.05) is 54.1 Å². The van der Waals surface area contributed by atoms with Gasteiger partial charge in [-0.05, 0) is 48.0 Å². The van der Waals surface area contributed by atoms with Gasteiger partial charge in [-0.2, -0.15) is 0 Å². The standard InChI is InChI=1S/C32H27F2N7O3S2/c1-46(43,44)16-13-35-19-20-5-2-7-22(17-20)38-31-36-12-11-26(39-31)29-28(40-32-41(29)14-15-45-32)21-6-3-8-23(18-21)37-30(42)27-24(33)9-4-10-25(27)34/h2-12,14-15,17-18,35H,13,16,19H2,1H3,(H,37,42)(H,36,38,39). The summed E-state index contributed by atoms with van der Waals surface area (Å²) in [4.78, 5) is 27.5. The number of nitrogens with one attached hydrogen (secondary N) is 3. The number of rotatable bonds is 11. The van der Waals surface area contributed by atoms with Gasteiger partial charge in [0.25, 0.3) is 5.91 Å². The van der Waals surface area contributed by atoms with Gasteiger partial charge in [-0.25, -0.2) is 32.2 Å². The first-order chi connectivity index (χ1) is 22.1. The first kappa shape index (κ1) is 31.0. The number of benzene rings is 3. The second-order valence-electron chi connectivity index (χ2n) is 10.4. The molecule has 0 spiro atoms. The first-order valence-corrected chi connectivity index (χ1v) is 17.0. The van der Waals surface area contributed by atoms with Crippen molar-refractivity contribution in [1.29, 1.82) is 0 Å². The topological polar surface area (TPSA) is 130 Å². The van der Waals surface area contributed by atoms with Crippen LogP contribution < -0.4 is 16.0 Å². The van der Waals surface area contributed by atoms with Crippen LogP contribution in [-0.2, 0) is 16.4 Å². The molecular formula is C32H27F2N7O3S2. The molecule has 0 saturated carbocycles. The maximum absolute atomic E-state index is 14.2. The minimum absolute atomic E-state index is 0.0616.